The van der Waals surface area contributed by atoms with Crippen molar-refractivity contribution in [3.05, 3.63) is 23.8 Å². The zero-order chi connectivity index (χ0) is 17.5. The molecule has 132 valence electrons. The van der Waals surface area contributed by atoms with Gasteiger partial charge in [0, 0.05) is 0 Å². The Morgan fingerprint density at radius 2 is 2.00 bits per heavy atom. The van der Waals surface area contributed by atoms with Crippen LogP contribution in [0.1, 0.15) is 66.7 Å². The number of rotatable bonds is 5. The molecular formula is C21H38OSi. The first-order valence-electron chi connectivity index (χ1n) is 9.44. The standard InChI is InChI=1S/C21H38OSi/c1-16(2)19-13-14-21(19,6)18-11-9-17(10-12-18)15-22-23(7,8)20(3,4)5/h9,18-19H,1,10-15H2,2-8H3/t18-,19-,21+/m0/s1. The molecule has 0 radical (unpaired) electrons. The van der Waals surface area contributed by atoms with E-state index in [-0.39, 0.29) is 0 Å². The molecule has 0 aromatic rings. The smallest absolute Gasteiger partial charge is 0.192 e. The first-order chi connectivity index (χ1) is 10.5. The second kappa shape index (κ2) is 6.52. The van der Waals surface area contributed by atoms with Crippen molar-refractivity contribution in [2.24, 2.45) is 17.3 Å². The Bertz CT molecular complexity index is 483. The highest BCUT2D eigenvalue weighted by atomic mass is 28.4. The topological polar surface area (TPSA) is 9.23 Å². The molecule has 0 bridgehead atoms. The van der Waals surface area contributed by atoms with Gasteiger partial charge in [0.15, 0.2) is 8.32 Å². The third-order valence-corrected chi connectivity index (χ3v) is 11.7. The van der Waals surface area contributed by atoms with Gasteiger partial charge in [-0.15, -0.1) is 0 Å². The lowest BCUT2D eigenvalue weighted by Crippen LogP contribution is -2.45. The Morgan fingerprint density at radius 1 is 1.35 bits per heavy atom. The van der Waals surface area contributed by atoms with Gasteiger partial charge in [-0.1, -0.05) is 45.9 Å². The summed E-state index contributed by atoms with van der Waals surface area (Å²) in [6.07, 6.45) is 9.06. The molecule has 2 heteroatoms. The molecule has 0 aliphatic heterocycles. The van der Waals surface area contributed by atoms with E-state index in [1.165, 1.54) is 37.7 Å². The fraction of sp³-hybridized carbons (Fsp3) is 0.810. The van der Waals surface area contributed by atoms with Crippen LogP contribution >= 0.6 is 0 Å². The second-order valence-electron chi connectivity index (χ2n) is 9.83. The van der Waals surface area contributed by atoms with Gasteiger partial charge in [-0.25, -0.2) is 0 Å². The van der Waals surface area contributed by atoms with Crippen molar-refractivity contribution < 1.29 is 4.43 Å². The summed E-state index contributed by atoms with van der Waals surface area (Å²) < 4.78 is 6.41. The molecule has 0 unspecified atom stereocenters. The van der Waals surface area contributed by atoms with Gasteiger partial charge in [-0.2, -0.15) is 0 Å². The molecule has 0 spiro atoms. The van der Waals surface area contributed by atoms with Crippen LogP contribution in [0.25, 0.3) is 0 Å². The molecule has 1 nitrogen and oxygen atoms in total. The highest BCUT2D eigenvalue weighted by molar-refractivity contribution is 6.74. The van der Waals surface area contributed by atoms with Crippen molar-refractivity contribution in [2.75, 3.05) is 6.61 Å². The van der Waals surface area contributed by atoms with Gasteiger partial charge in [-0.3, -0.25) is 0 Å². The fourth-order valence-corrected chi connectivity index (χ4v) is 5.13. The average Bonchev–Trinajstić information content (AvgIpc) is 2.42. The summed E-state index contributed by atoms with van der Waals surface area (Å²) in [4.78, 5) is 0. The van der Waals surface area contributed by atoms with E-state index in [1.807, 2.05) is 0 Å². The van der Waals surface area contributed by atoms with E-state index in [1.54, 1.807) is 5.57 Å². The van der Waals surface area contributed by atoms with Crippen LogP contribution in [0.4, 0.5) is 0 Å². The minimum Gasteiger partial charge on any atom is -0.413 e. The Morgan fingerprint density at radius 3 is 2.39 bits per heavy atom. The molecule has 0 aromatic heterocycles. The fourth-order valence-electron chi connectivity index (χ4n) is 4.15. The summed E-state index contributed by atoms with van der Waals surface area (Å²) in [7, 11) is -1.62. The summed E-state index contributed by atoms with van der Waals surface area (Å²) in [5, 5.41) is 0.304. The Labute approximate surface area is 145 Å². The third kappa shape index (κ3) is 3.84. The predicted molar refractivity (Wildman–Crippen MR) is 104 cm³/mol. The third-order valence-electron chi connectivity index (χ3n) is 7.22. The van der Waals surface area contributed by atoms with Gasteiger partial charge in [0.25, 0.3) is 0 Å². The van der Waals surface area contributed by atoms with Gasteiger partial charge < -0.3 is 4.43 Å². The first kappa shape index (κ1) is 19.0. The zero-order valence-electron chi connectivity index (χ0n) is 16.6. The minimum absolute atomic E-state index is 0.304. The van der Waals surface area contributed by atoms with Crippen molar-refractivity contribution in [2.45, 2.75) is 84.9 Å². The molecule has 2 aliphatic rings. The van der Waals surface area contributed by atoms with E-state index in [2.05, 4.69) is 60.4 Å². The van der Waals surface area contributed by atoms with Crippen LogP contribution in [0.15, 0.2) is 23.8 Å². The Balaban J connectivity index is 1.91. The Hall–Kier alpha value is -0.343. The van der Waals surface area contributed by atoms with Crippen LogP contribution < -0.4 is 0 Å². The maximum Gasteiger partial charge on any atom is 0.192 e. The molecule has 0 amide bonds. The van der Waals surface area contributed by atoms with Crippen LogP contribution in [0.5, 0.6) is 0 Å². The molecule has 3 atom stereocenters. The van der Waals surface area contributed by atoms with Crippen LogP contribution in [-0.2, 0) is 4.43 Å². The largest absolute Gasteiger partial charge is 0.413 e. The second-order valence-corrected chi connectivity index (χ2v) is 14.6. The van der Waals surface area contributed by atoms with E-state index in [0.717, 1.165) is 18.4 Å². The quantitative estimate of drug-likeness (QED) is 0.400. The van der Waals surface area contributed by atoms with E-state index in [9.17, 15) is 0 Å². The van der Waals surface area contributed by atoms with Crippen LogP contribution in [0, 0.1) is 17.3 Å². The first-order valence-corrected chi connectivity index (χ1v) is 12.4. The molecule has 1 saturated carbocycles. The maximum absolute atomic E-state index is 6.41. The molecule has 0 N–H and O–H groups in total. The summed E-state index contributed by atoms with van der Waals surface area (Å²) in [5.41, 5.74) is 3.45. The molecule has 0 aromatic carbocycles. The van der Waals surface area contributed by atoms with Crippen LogP contribution in [0.2, 0.25) is 18.1 Å². The zero-order valence-corrected chi connectivity index (χ0v) is 17.6. The van der Waals surface area contributed by atoms with E-state index in [0.29, 0.717) is 10.5 Å². The van der Waals surface area contributed by atoms with Gasteiger partial charge in [0.2, 0.25) is 0 Å². The average molecular weight is 335 g/mol. The van der Waals surface area contributed by atoms with Gasteiger partial charge in [0.1, 0.15) is 0 Å². The summed E-state index contributed by atoms with van der Waals surface area (Å²) >= 11 is 0. The number of hydrogen-bond donors (Lipinski definition) is 0. The highest BCUT2D eigenvalue weighted by Crippen LogP contribution is 2.57. The summed E-state index contributed by atoms with van der Waals surface area (Å²) in [6, 6.07) is 0. The lowest BCUT2D eigenvalue weighted by molar-refractivity contribution is 0.00313. The normalized spacial score (nSPS) is 32.2. The molecule has 0 saturated heterocycles. The summed E-state index contributed by atoms with van der Waals surface area (Å²) in [6.45, 7) is 21.5. The van der Waals surface area contributed by atoms with Gasteiger partial charge in [-0.05, 0) is 80.0 Å². The Kier molecular flexibility index (Phi) is 5.38. The number of allylic oxidation sites excluding steroid dienone is 2. The molecular weight excluding hydrogens is 296 g/mol. The van der Waals surface area contributed by atoms with E-state index >= 15 is 0 Å². The lowest BCUT2D eigenvalue weighted by atomic mass is 9.51. The lowest BCUT2D eigenvalue weighted by Gasteiger charge is -2.53. The van der Waals surface area contributed by atoms with Crippen LogP contribution in [0.3, 0.4) is 0 Å². The summed E-state index contributed by atoms with van der Waals surface area (Å²) in [5.74, 6) is 1.60. The predicted octanol–water partition coefficient (Wildman–Crippen LogP) is 6.73. The van der Waals surface area contributed by atoms with E-state index < -0.39 is 8.32 Å². The molecule has 23 heavy (non-hydrogen) atoms. The van der Waals surface area contributed by atoms with Crippen LogP contribution in [-0.4, -0.2) is 14.9 Å². The molecule has 2 aliphatic carbocycles. The van der Waals surface area contributed by atoms with Crippen molar-refractivity contribution >= 4 is 8.32 Å². The SMILES string of the molecule is C=C(C)[C@@H]1CC[C@]1(C)[C@H]1CC=C(CO[Si](C)(C)C(C)(C)C)CC1. The van der Waals surface area contributed by atoms with Gasteiger partial charge in [0.05, 0.1) is 6.61 Å². The van der Waals surface area contributed by atoms with Crippen molar-refractivity contribution in [3.63, 3.8) is 0 Å². The van der Waals surface area contributed by atoms with Gasteiger partial charge >= 0.3 is 0 Å². The minimum atomic E-state index is -1.62. The monoisotopic (exact) mass is 334 g/mol. The number of hydrogen-bond acceptors (Lipinski definition) is 1. The van der Waals surface area contributed by atoms with Crippen molar-refractivity contribution in [3.8, 4) is 0 Å². The van der Waals surface area contributed by atoms with Crippen molar-refractivity contribution in [1.82, 2.24) is 0 Å². The molecule has 1 fully saturated rings. The maximum atomic E-state index is 6.41. The highest BCUT2D eigenvalue weighted by Gasteiger charge is 2.48. The van der Waals surface area contributed by atoms with E-state index in [4.69, 9.17) is 4.43 Å². The van der Waals surface area contributed by atoms with Crippen molar-refractivity contribution in [1.29, 1.82) is 0 Å². The molecule has 0 heterocycles. The molecule has 2 rings (SSSR count).